The van der Waals surface area contributed by atoms with E-state index in [1.54, 1.807) is 0 Å². The number of nitrogens with two attached hydrogens (primary N) is 1. The van der Waals surface area contributed by atoms with Crippen LogP contribution >= 0.6 is 11.6 Å². The van der Waals surface area contributed by atoms with Crippen LogP contribution in [-0.2, 0) is 6.42 Å². The third kappa shape index (κ3) is 1.53. The Morgan fingerprint density at radius 1 is 1.36 bits per heavy atom. The molecule has 0 spiro atoms. The van der Waals surface area contributed by atoms with Gasteiger partial charge in [0.15, 0.2) is 0 Å². The first-order valence-electron chi connectivity index (χ1n) is 4.98. The molecule has 0 atom stereocenters. The van der Waals surface area contributed by atoms with Gasteiger partial charge in [-0.05, 0) is 42.5 Å². The molecule has 0 saturated heterocycles. The van der Waals surface area contributed by atoms with Crippen molar-refractivity contribution in [3.63, 3.8) is 0 Å². The predicted molar refractivity (Wildman–Crippen MR) is 62.2 cm³/mol. The summed E-state index contributed by atoms with van der Waals surface area (Å²) in [4.78, 5) is 0. The lowest BCUT2D eigenvalue weighted by Gasteiger charge is -2.19. The quantitative estimate of drug-likeness (QED) is 0.700. The molecule has 2 rings (SSSR count). The Morgan fingerprint density at radius 2 is 2.14 bits per heavy atom. The molecule has 0 saturated carbocycles. The molecule has 1 aromatic carbocycles. The molecule has 1 aliphatic rings. The van der Waals surface area contributed by atoms with Crippen LogP contribution < -0.4 is 5.73 Å². The lowest BCUT2D eigenvalue weighted by Crippen LogP contribution is -2.02. The molecule has 0 heterocycles. The van der Waals surface area contributed by atoms with Crippen molar-refractivity contribution >= 4 is 22.3 Å². The summed E-state index contributed by atoms with van der Waals surface area (Å²) in [5.74, 6) is 0. The Balaban J connectivity index is 2.52. The van der Waals surface area contributed by atoms with Gasteiger partial charge in [-0.15, -0.1) is 0 Å². The second-order valence-electron chi connectivity index (χ2n) is 3.69. The van der Waals surface area contributed by atoms with Crippen molar-refractivity contribution in [1.29, 1.82) is 0 Å². The molecule has 0 unspecified atom stereocenters. The van der Waals surface area contributed by atoms with E-state index in [1.165, 1.54) is 16.7 Å². The highest BCUT2D eigenvalue weighted by atomic mass is 35.5. The molecule has 0 aromatic heterocycles. The van der Waals surface area contributed by atoms with Gasteiger partial charge in [0.1, 0.15) is 0 Å². The first kappa shape index (κ1) is 9.60. The van der Waals surface area contributed by atoms with E-state index >= 15 is 0 Å². The molecule has 74 valence electrons. The normalized spacial score (nSPS) is 15.6. The lowest BCUT2D eigenvalue weighted by atomic mass is 9.90. The van der Waals surface area contributed by atoms with Gasteiger partial charge in [0.25, 0.3) is 0 Å². The maximum Gasteiger partial charge on any atom is 0.0473 e. The van der Waals surface area contributed by atoms with Gasteiger partial charge in [0, 0.05) is 10.7 Å². The maximum atomic E-state index is 6.30. The van der Waals surface area contributed by atoms with E-state index in [-0.39, 0.29) is 0 Å². The van der Waals surface area contributed by atoms with E-state index in [0.29, 0.717) is 0 Å². The van der Waals surface area contributed by atoms with Crippen molar-refractivity contribution in [3.8, 4) is 0 Å². The minimum atomic E-state index is 0.827. The highest BCUT2D eigenvalue weighted by Gasteiger charge is 2.15. The summed E-state index contributed by atoms with van der Waals surface area (Å²) in [7, 11) is 0. The molecule has 0 aliphatic heterocycles. The van der Waals surface area contributed by atoms with E-state index in [9.17, 15) is 0 Å². The average molecular weight is 208 g/mol. The van der Waals surface area contributed by atoms with Crippen molar-refractivity contribution in [3.05, 3.63) is 34.9 Å². The highest BCUT2D eigenvalue weighted by molar-refractivity contribution is 6.49. The Kier molecular flexibility index (Phi) is 2.51. The van der Waals surface area contributed by atoms with Crippen LogP contribution in [0.1, 0.15) is 30.9 Å². The van der Waals surface area contributed by atoms with Crippen molar-refractivity contribution in [2.75, 3.05) is 5.73 Å². The maximum absolute atomic E-state index is 6.30. The molecule has 14 heavy (non-hydrogen) atoms. The van der Waals surface area contributed by atoms with Gasteiger partial charge >= 0.3 is 0 Å². The Labute approximate surface area is 89.6 Å². The number of nitrogen functional groups attached to an aromatic ring is 1. The van der Waals surface area contributed by atoms with Gasteiger partial charge < -0.3 is 5.73 Å². The van der Waals surface area contributed by atoms with Gasteiger partial charge in [-0.3, -0.25) is 0 Å². The van der Waals surface area contributed by atoms with Crippen LogP contribution in [0.4, 0.5) is 5.69 Å². The monoisotopic (exact) mass is 207 g/mol. The van der Waals surface area contributed by atoms with E-state index < -0.39 is 0 Å². The van der Waals surface area contributed by atoms with Crippen LogP contribution in [0, 0.1) is 0 Å². The Hall–Kier alpha value is -0.950. The first-order valence-corrected chi connectivity index (χ1v) is 5.36. The highest BCUT2D eigenvalue weighted by Crippen LogP contribution is 2.35. The zero-order valence-corrected chi connectivity index (χ0v) is 9.06. The molecule has 1 nitrogen and oxygen atoms in total. The largest absolute Gasteiger partial charge is 0.399 e. The summed E-state index contributed by atoms with van der Waals surface area (Å²) in [6.07, 6.45) is 3.19. The van der Waals surface area contributed by atoms with Gasteiger partial charge in [-0.1, -0.05) is 30.2 Å². The molecule has 1 aromatic rings. The third-order valence-electron chi connectivity index (χ3n) is 2.80. The fraction of sp³-hybridized carbons (Fsp3) is 0.333. The molecular weight excluding hydrogens is 194 g/mol. The van der Waals surface area contributed by atoms with Gasteiger partial charge in [0.2, 0.25) is 0 Å². The van der Waals surface area contributed by atoms with Crippen LogP contribution in [0.5, 0.6) is 0 Å². The number of benzene rings is 1. The van der Waals surface area contributed by atoms with E-state index in [2.05, 4.69) is 6.92 Å². The number of aryl methyl sites for hydroxylation is 1. The van der Waals surface area contributed by atoms with Crippen LogP contribution in [0.15, 0.2) is 23.8 Å². The van der Waals surface area contributed by atoms with Crippen LogP contribution in [0.3, 0.4) is 0 Å². The van der Waals surface area contributed by atoms with E-state index in [0.717, 1.165) is 30.0 Å². The van der Waals surface area contributed by atoms with Crippen molar-refractivity contribution < 1.29 is 0 Å². The van der Waals surface area contributed by atoms with Crippen molar-refractivity contribution in [2.45, 2.75) is 26.2 Å². The zero-order valence-electron chi connectivity index (χ0n) is 8.31. The van der Waals surface area contributed by atoms with E-state index in [4.69, 9.17) is 17.3 Å². The Morgan fingerprint density at radius 3 is 2.86 bits per heavy atom. The predicted octanol–water partition coefficient (Wildman–Crippen LogP) is 3.57. The molecular formula is C12H14ClN. The molecule has 0 bridgehead atoms. The summed E-state index contributed by atoms with van der Waals surface area (Å²) in [6.45, 7) is 2.15. The SMILES string of the molecule is CCC1=C(Cl)c2ccc(N)cc2CC1. The van der Waals surface area contributed by atoms with Crippen molar-refractivity contribution in [1.82, 2.24) is 0 Å². The van der Waals surface area contributed by atoms with Gasteiger partial charge in [-0.2, -0.15) is 0 Å². The lowest BCUT2D eigenvalue weighted by molar-refractivity contribution is 0.873. The summed E-state index contributed by atoms with van der Waals surface area (Å²) in [5, 5.41) is 0.939. The average Bonchev–Trinajstić information content (AvgIpc) is 2.18. The summed E-state index contributed by atoms with van der Waals surface area (Å²) >= 11 is 6.30. The number of fused-ring (bicyclic) bond motifs is 1. The summed E-state index contributed by atoms with van der Waals surface area (Å²) in [5.41, 5.74) is 10.4. The summed E-state index contributed by atoms with van der Waals surface area (Å²) in [6, 6.07) is 5.98. The number of rotatable bonds is 1. The fourth-order valence-electron chi connectivity index (χ4n) is 1.95. The fourth-order valence-corrected chi connectivity index (χ4v) is 2.36. The third-order valence-corrected chi connectivity index (χ3v) is 3.27. The number of halogens is 1. The molecule has 0 radical (unpaired) electrons. The molecule has 1 aliphatic carbocycles. The minimum Gasteiger partial charge on any atom is -0.399 e. The van der Waals surface area contributed by atoms with Gasteiger partial charge in [-0.25, -0.2) is 0 Å². The second kappa shape index (κ2) is 3.66. The summed E-state index contributed by atoms with van der Waals surface area (Å²) < 4.78 is 0. The molecule has 2 N–H and O–H groups in total. The van der Waals surface area contributed by atoms with Crippen LogP contribution in [0.25, 0.3) is 5.03 Å². The van der Waals surface area contributed by atoms with Gasteiger partial charge in [0.05, 0.1) is 0 Å². The van der Waals surface area contributed by atoms with E-state index in [1.807, 2.05) is 18.2 Å². The second-order valence-corrected chi connectivity index (χ2v) is 4.07. The van der Waals surface area contributed by atoms with Crippen molar-refractivity contribution in [2.24, 2.45) is 0 Å². The van der Waals surface area contributed by atoms with Crippen LogP contribution in [0.2, 0.25) is 0 Å². The smallest absolute Gasteiger partial charge is 0.0473 e. The number of hydrogen-bond donors (Lipinski definition) is 1. The molecule has 0 amide bonds. The standard InChI is InChI=1S/C12H14ClN/c1-2-8-3-4-9-7-10(14)5-6-11(9)12(8)13/h5-7H,2-4,14H2,1H3. The molecule has 0 fully saturated rings. The topological polar surface area (TPSA) is 26.0 Å². The molecule has 2 heteroatoms. The zero-order chi connectivity index (χ0) is 10.1. The van der Waals surface area contributed by atoms with Crippen LogP contribution in [-0.4, -0.2) is 0 Å². The minimum absolute atomic E-state index is 0.827. The number of allylic oxidation sites excluding steroid dienone is 1. The number of anilines is 1. The first-order chi connectivity index (χ1) is 6.72. The Bertz CT molecular complexity index is 393. The number of hydrogen-bond acceptors (Lipinski definition) is 1.